The number of benzene rings is 1. The van der Waals surface area contributed by atoms with Gasteiger partial charge in [0.15, 0.2) is 0 Å². The third-order valence-corrected chi connectivity index (χ3v) is 3.83. The van der Waals surface area contributed by atoms with Crippen LogP contribution in [0.25, 0.3) is 0 Å². The van der Waals surface area contributed by atoms with E-state index in [0.717, 1.165) is 6.07 Å². The first kappa shape index (κ1) is 16.1. The summed E-state index contributed by atoms with van der Waals surface area (Å²) in [6.45, 7) is 2.43. The third kappa shape index (κ3) is 2.97. The zero-order valence-electron chi connectivity index (χ0n) is 11.6. The molecular weight excluding hydrogens is 303 g/mol. The van der Waals surface area contributed by atoms with E-state index in [0.29, 0.717) is 12.6 Å². The van der Waals surface area contributed by atoms with E-state index in [1.165, 1.54) is 6.07 Å². The van der Waals surface area contributed by atoms with Gasteiger partial charge in [0.25, 0.3) is 5.69 Å². The Balaban J connectivity index is 2.37. The van der Waals surface area contributed by atoms with Gasteiger partial charge < -0.3 is 10.6 Å². The Morgan fingerprint density at radius 3 is 2.50 bits per heavy atom. The summed E-state index contributed by atoms with van der Waals surface area (Å²) >= 11 is 0. The summed E-state index contributed by atoms with van der Waals surface area (Å²) in [7, 11) is 0. The second-order valence-electron chi connectivity index (χ2n) is 5.35. The number of alkyl halides is 3. The van der Waals surface area contributed by atoms with Crippen LogP contribution in [-0.4, -0.2) is 23.9 Å². The van der Waals surface area contributed by atoms with Crippen molar-refractivity contribution in [1.29, 1.82) is 0 Å². The number of nitro benzene ring substituents is 1. The lowest BCUT2D eigenvalue weighted by atomic mass is 9.98. The molecule has 2 atom stereocenters. The first-order valence-electron chi connectivity index (χ1n) is 6.51. The molecule has 1 saturated heterocycles. The zero-order valence-corrected chi connectivity index (χ0v) is 11.6. The van der Waals surface area contributed by atoms with E-state index >= 15 is 0 Å². The highest BCUT2D eigenvalue weighted by molar-refractivity contribution is 5.78. The van der Waals surface area contributed by atoms with Crippen molar-refractivity contribution in [2.45, 2.75) is 13.1 Å². The number of rotatable bonds is 3. The summed E-state index contributed by atoms with van der Waals surface area (Å²) in [6, 6.07) is 2.75. The number of hydrogen-bond acceptors (Lipinski definition) is 4. The molecule has 0 aromatic heterocycles. The molecule has 0 saturated carbocycles. The molecule has 1 amide bonds. The number of carbonyl (C=O) groups is 1. The second kappa shape index (κ2) is 5.47. The minimum absolute atomic E-state index is 0.0705. The third-order valence-electron chi connectivity index (χ3n) is 3.83. The fourth-order valence-corrected chi connectivity index (χ4v) is 2.66. The highest BCUT2D eigenvalue weighted by atomic mass is 19.4. The topological polar surface area (TPSA) is 89.5 Å². The molecule has 1 fully saturated rings. The van der Waals surface area contributed by atoms with Crippen LogP contribution in [0.5, 0.6) is 0 Å². The number of hydrogen-bond donors (Lipinski definition) is 1. The molecule has 1 aliphatic heterocycles. The first-order valence-corrected chi connectivity index (χ1v) is 6.51. The fraction of sp³-hybridized carbons (Fsp3) is 0.462. The Morgan fingerprint density at radius 2 is 2.05 bits per heavy atom. The van der Waals surface area contributed by atoms with Crippen molar-refractivity contribution in [1.82, 2.24) is 0 Å². The maximum Gasteiger partial charge on any atom is 0.423 e. The molecule has 9 heteroatoms. The predicted octanol–water partition coefficient (Wildman–Crippen LogP) is 2.17. The lowest BCUT2D eigenvalue weighted by Gasteiger charge is -2.19. The quantitative estimate of drug-likeness (QED) is 0.683. The van der Waals surface area contributed by atoms with Gasteiger partial charge in [0.05, 0.1) is 10.8 Å². The summed E-state index contributed by atoms with van der Waals surface area (Å²) in [5.41, 5.74) is 3.25. The number of nitrogens with two attached hydrogens (primary N) is 1. The SMILES string of the molecule is C[C@@H]1CN(c2ccc(C(F)(F)F)c([N+](=O)[O-])c2)C[C@H]1C(N)=O. The molecule has 0 bridgehead atoms. The summed E-state index contributed by atoms with van der Waals surface area (Å²) < 4.78 is 38.3. The predicted molar refractivity (Wildman–Crippen MR) is 72.2 cm³/mol. The number of carbonyl (C=O) groups excluding carboxylic acids is 1. The van der Waals surface area contributed by atoms with E-state index in [1.807, 2.05) is 0 Å². The van der Waals surface area contributed by atoms with Crippen molar-refractivity contribution in [2.75, 3.05) is 18.0 Å². The van der Waals surface area contributed by atoms with Crippen molar-refractivity contribution in [2.24, 2.45) is 17.6 Å². The van der Waals surface area contributed by atoms with Crippen LogP contribution in [0.1, 0.15) is 12.5 Å². The van der Waals surface area contributed by atoms with Crippen LogP contribution in [0.4, 0.5) is 24.5 Å². The summed E-state index contributed by atoms with van der Waals surface area (Å²) in [5, 5.41) is 10.9. The number of anilines is 1. The number of amides is 1. The van der Waals surface area contributed by atoms with Crippen molar-refractivity contribution < 1.29 is 22.9 Å². The molecule has 120 valence electrons. The molecule has 1 heterocycles. The standard InChI is InChI=1S/C13H14F3N3O3/c1-7-5-18(6-9(7)12(17)20)8-2-3-10(13(14,15)16)11(4-8)19(21)22/h2-4,7,9H,5-6H2,1H3,(H2,17,20)/t7-,9-/m1/s1. The van der Waals surface area contributed by atoms with Gasteiger partial charge in [-0.3, -0.25) is 14.9 Å². The largest absolute Gasteiger partial charge is 0.423 e. The van der Waals surface area contributed by atoms with Crippen LogP contribution in [0.2, 0.25) is 0 Å². The van der Waals surface area contributed by atoms with Crippen LogP contribution in [0.15, 0.2) is 18.2 Å². The molecule has 1 aromatic carbocycles. The van der Waals surface area contributed by atoms with Crippen molar-refractivity contribution in [3.63, 3.8) is 0 Å². The molecule has 0 unspecified atom stereocenters. The Labute approximate surface area is 123 Å². The minimum Gasteiger partial charge on any atom is -0.370 e. The highest BCUT2D eigenvalue weighted by Crippen LogP contribution is 2.39. The van der Waals surface area contributed by atoms with Gasteiger partial charge in [-0.25, -0.2) is 0 Å². The Bertz CT molecular complexity index is 618. The smallest absolute Gasteiger partial charge is 0.370 e. The number of nitro groups is 1. The van der Waals surface area contributed by atoms with Gasteiger partial charge in [-0.1, -0.05) is 6.92 Å². The lowest BCUT2D eigenvalue weighted by Crippen LogP contribution is -2.29. The highest BCUT2D eigenvalue weighted by Gasteiger charge is 2.39. The fourth-order valence-electron chi connectivity index (χ4n) is 2.66. The second-order valence-corrected chi connectivity index (χ2v) is 5.35. The lowest BCUT2D eigenvalue weighted by molar-refractivity contribution is -0.388. The molecule has 0 radical (unpaired) electrons. The molecule has 2 N–H and O–H groups in total. The normalized spacial score (nSPS) is 21.9. The van der Waals surface area contributed by atoms with Crippen molar-refractivity contribution >= 4 is 17.3 Å². The average molecular weight is 317 g/mol. The monoisotopic (exact) mass is 317 g/mol. The van der Waals surface area contributed by atoms with Crippen LogP contribution in [0.3, 0.4) is 0 Å². The van der Waals surface area contributed by atoms with Gasteiger partial charge in [0.2, 0.25) is 5.91 Å². The Hall–Kier alpha value is -2.32. The minimum atomic E-state index is -4.80. The van der Waals surface area contributed by atoms with Crippen LogP contribution in [0, 0.1) is 22.0 Å². The molecule has 0 aliphatic carbocycles. The van der Waals surface area contributed by atoms with E-state index in [9.17, 15) is 28.1 Å². The Kier molecular flexibility index (Phi) is 3.99. The number of primary amides is 1. The van der Waals surface area contributed by atoms with Crippen molar-refractivity contribution in [3.8, 4) is 0 Å². The van der Waals surface area contributed by atoms with E-state index in [2.05, 4.69) is 0 Å². The molecule has 2 rings (SSSR count). The van der Waals surface area contributed by atoms with Gasteiger partial charge in [0.1, 0.15) is 5.56 Å². The first-order chi connectivity index (χ1) is 10.1. The summed E-state index contributed by atoms with van der Waals surface area (Å²) in [5.74, 6) is -0.989. The Morgan fingerprint density at radius 1 is 1.41 bits per heavy atom. The van der Waals surface area contributed by atoms with Crippen LogP contribution in [-0.2, 0) is 11.0 Å². The van der Waals surface area contributed by atoms with E-state index < -0.39 is 34.2 Å². The number of halogens is 3. The van der Waals surface area contributed by atoms with E-state index in [4.69, 9.17) is 5.73 Å². The molecular formula is C13H14F3N3O3. The van der Waals surface area contributed by atoms with E-state index in [1.54, 1.807) is 11.8 Å². The van der Waals surface area contributed by atoms with Gasteiger partial charge in [-0.15, -0.1) is 0 Å². The number of nitrogens with zero attached hydrogens (tertiary/aromatic N) is 2. The van der Waals surface area contributed by atoms with Gasteiger partial charge in [-0.05, 0) is 18.1 Å². The van der Waals surface area contributed by atoms with Gasteiger partial charge in [-0.2, -0.15) is 13.2 Å². The summed E-state index contributed by atoms with van der Waals surface area (Å²) in [6.07, 6.45) is -4.80. The van der Waals surface area contributed by atoms with Gasteiger partial charge >= 0.3 is 6.18 Å². The van der Waals surface area contributed by atoms with Crippen LogP contribution >= 0.6 is 0 Å². The van der Waals surface area contributed by atoms with E-state index in [-0.39, 0.29) is 18.2 Å². The molecule has 0 spiro atoms. The molecule has 22 heavy (non-hydrogen) atoms. The molecule has 6 nitrogen and oxygen atoms in total. The van der Waals surface area contributed by atoms with Crippen LogP contribution < -0.4 is 10.6 Å². The van der Waals surface area contributed by atoms with Crippen molar-refractivity contribution in [3.05, 3.63) is 33.9 Å². The average Bonchev–Trinajstić information content (AvgIpc) is 2.79. The maximum absolute atomic E-state index is 12.8. The molecule has 1 aliphatic rings. The summed E-state index contributed by atoms with van der Waals surface area (Å²) in [4.78, 5) is 22.7. The zero-order chi connectivity index (χ0) is 16.7. The van der Waals surface area contributed by atoms with Gasteiger partial charge in [0, 0.05) is 24.8 Å². The molecule has 1 aromatic rings. The maximum atomic E-state index is 12.8.